The highest BCUT2D eigenvalue weighted by molar-refractivity contribution is 7.16. The Hall–Kier alpha value is -3.08. The normalized spacial score (nSPS) is 19.9. The first kappa shape index (κ1) is 18.9. The fourth-order valence-electron chi connectivity index (χ4n) is 3.87. The number of guanidine groups is 1. The molecule has 5 rings (SSSR count). The number of amides is 1. The second-order valence-corrected chi connectivity index (χ2v) is 8.20. The number of fused-ring (bicyclic) bond motifs is 3. The fraction of sp³-hybridized carbons (Fsp3) is 0.300. The van der Waals surface area contributed by atoms with E-state index in [0.29, 0.717) is 23.1 Å². The highest BCUT2D eigenvalue weighted by atomic mass is 32.1. The van der Waals surface area contributed by atoms with Gasteiger partial charge in [-0.25, -0.2) is 0 Å². The van der Waals surface area contributed by atoms with Crippen molar-refractivity contribution in [2.24, 2.45) is 4.99 Å². The van der Waals surface area contributed by atoms with E-state index in [1.165, 1.54) is 6.07 Å². The number of nitro groups is 1. The highest BCUT2D eigenvalue weighted by Gasteiger charge is 2.42. The number of carbonyl (C=O) groups is 1. The number of ether oxygens (including phenoxy) is 1. The lowest BCUT2D eigenvalue weighted by Gasteiger charge is -2.29. The largest absolute Gasteiger partial charge is 0.379 e. The molecule has 30 heavy (non-hydrogen) atoms. The van der Waals surface area contributed by atoms with Crippen molar-refractivity contribution in [2.45, 2.75) is 0 Å². The molecule has 0 spiro atoms. The molecule has 3 aliphatic heterocycles. The zero-order chi connectivity index (χ0) is 20.7. The molecule has 0 saturated carbocycles. The van der Waals surface area contributed by atoms with Crippen LogP contribution in [-0.4, -0.2) is 61.1 Å². The molecule has 0 aliphatic carbocycles. The number of thiophene rings is 1. The van der Waals surface area contributed by atoms with Gasteiger partial charge in [-0.15, -0.1) is 0 Å². The van der Waals surface area contributed by atoms with Gasteiger partial charge in [-0.2, -0.15) is 4.99 Å². The lowest BCUT2D eigenvalue weighted by Crippen LogP contribution is -2.43. The Kier molecular flexibility index (Phi) is 4.81. The topological polar surface area (TPSA) is 91.5 Å². The summed E-state index contributed by atoms with van der Waals surface area (Å²) in [6.45, 7) is 4.82. The van der Waals surface area contributed by atoms with Gasteiger partial charge in [0.15, 0.2) is 0 Å². The zero-order valence-corrected chi connectivity index (χ0v) is 16.9. The molecule has 0 N–H and O–H groups in total. The Bertz CT molecular complexity index is 1070. The third kappa shape index (κ3) is 3.28. The first-order valence-corrected chi connectivity index (χ1v) is 10.5. The van der Waals surface area contributed by atoms with E-state index in [4.69, 9.17) is 4.74 Å². The second-order valence-electron chi connectivity index (χ2n) is 7.11. The number of hydrogen-bond acceptors (Lipinski definition) is 8. The molecule has 154 valence electrons. The van der Waals surface area contributed by atoms with Crippen LogP contribution in [0.3, 0.4) is 0 Å². The monoisotopic (exact) mass is 425 g/mol. The van der Waals surface area contributed by atoms with E-state index in [9.17, 15) is 14.9 Å². The second kappa shape index (κ2) is 7.63. The average Bonchev–Trinajstić information content (AvgIpc) is 3.42. The summed E-state index contributed by atoms with van der Waals surface area (Å²) in [5, 5.41) is 11.0. The van der Waals surface area contributed by atoms with E-state index in [-0.39, 0.29) is 10.9 Å². The smallest absolute Gasteiger partial charge is 0.324 e. The van der Waals surface area contributed by atoms with Crippen molar-refractivity contribution < 1.29 is 14.5 Å². The van der Waals surface area contributed by atoms with Gasteiger partial charge in [-0.05, 0) is 24.3 Å². The maximum absolute atomic E-state index is 12.7. The number of rotatable bonds is 5. The molecule has 0 atom stereocenters. The molecule has 4 heterocycles. The minimum Gasteiger partial charge on any atom is -0.379 e. The van der Waals surface area contributed by atoms with Gasteiger partial charge in [0.25, 0.3) is 5.91 Å². The van der Waals surface area contributed by atoms with Gasteiger partial charge in [0.05, 0.1) is 29.5 Å². The summed E-state index contributed by atoms with van der Waals surface area (Å²) >= 11 is 1.04. The number of para-hydroxylation sites is 2. The van der Waals surface area contributed by atoms with Crippen LogP contribution in [-0.2, 0) is 9.53 Å². The predicted molar refractivity (Wildman–Crippen MR) is 115 cm³/mol. The third-order valence-corrected chi connectivity index (χ3v) is 6.32. The van der Waals surface area contributed by atoms with E-state index >= 15 is 0 Å². The molecule has 0 unspecified atom stereocenters. The van der Waals surface area contributed by atoms with E-state index in [1.807, 2.05) is 29.2 Å². The van der Waals surface area contributed by atoms with Gasteiger partial charge in [0.1, 0.15) is 5.70 Å². The SMILES string of the molecule is O=C1N=C2N(CCN3CCOCC3)c3ccccc3N2/C1=C/c1ccc([N+](=O)[O-])s1. The summed E-state index contributed by atoms with van der Waals surface area (Å²) in [4.78, 5) is 34.5. The molecule has 10 heteroatoms. The van der Waals surface area contributed by atoms with Crippen LogP contribution >= 0.6 is 11.3 Å². The van der Waals surface area contributed by atoms with Crippen LogP contribution in [0.5, 0.6) is 0 Å². The van der Waals surface area contributed by atoms with Crippen molar-refractivity contribution in [1.29, 1.82) is 0 Å². The predicted octanol–water partition coefficient (Wildman–Crippen LogP) is 2.55. The van der Waals surface area contributed by atoms with E-state index in [2.05, 4.69) is 14.8 Å². The first-order valence-electron chi connectivity index (χ1n) is 9.67. The van der Waals surface area contributed by atoms with Crippen molar-refractivity contribution in [3.63, 3.8) is 0 Å². The first-order chi connectivity index (χ1) is 14.6. The summed E-state index contributed by atoms with van der Waals surface area (Å²) in [5.41, 5.74) is 2.30. The van der Waals surface area contributed by atoms with Crippen LogP contribution in [0.1, 0.15) is 4.88 Å². The molecule has 0 bridgehead atoms. The number of hydrogen-bond donors (Lipinski definition) is 0. The number of anilines is 2. The zero-order valence-electron chi connectivity index (χ0n) is 16.1. The molecule has 1 fully saturated rings. The van der Waals surface area contributed by atoms with Crippen molar-refractivity contribution in [3.05, 3.63) is 57.1 Å². The summed E-state index contributed by atoms with van der Waals surface area (Å²) in [6, 6.07) is 11.0. The van der Waals surface area contributed by atoms with Crippen LogP contribution in [0.2, 0.25) is 0 Å². The van der Waals surface area contributed by atoms with Crippen LogP contribution in [0.4, 0.5) is 16.4 Å². The maximum atomic E-state index is 12.7. The van der Waals surface area contributed by atoms with Gasteiger partial charge < -0.3 is 9.64 Å². The molecule has 0 radical (unpaired) electrons. The molecular weight excluding hydrogens is 406 g/mol. The number of benzene rings is 1. The molecule has 3 aliphatic rings. The molecule has 1 aromatic heterocycles. The van der Waals surface area contributed by atoms with E-state index in [1.54, 1.807) is 12.1 Å². The van der Waals surface area contributed by atoms with E-state index in [0.717, 1.165) is 55.6 Å². The van der Waals surface area contributed by atoms with Gasteiger partial charge >= 0.3 is 5.00 Å². The van der Waals surface area contributed by atoms with Gasteiger partial charge in [-0.3, -0.25) is 24.7 Å². The van der Waals surface area contributed by atoms with E-state index < -0.39 is 4.92 Å². The molecule has 1 amide bonds. The van der Waals surface area contributed by atoms with Crippen LogP contribution < -0.4 is 9.80 Å². The summed E-state index contributed by atoms with van der Waals surface area (Å²) in [7, 11) is 0. The average molecular weight is 425 g/mol. The van der Waals surface area contributed by atoms with Crippen LogP contribution in [0, 0.1) is 10.1 Å². The van der Waals surface area contributed by atoms with Crippen molar-refractivity contribution in [3.8, 4) is 0 Å². The quantitative estimate of drug-likeness (QED) is 0.413. The summed E-state index contributed by atoms with van der Waals surface area (Å²) < 4.78 is 5.42. The maximum Gasteiger partial charge on any atom is 0.324 e. The minimum absolute atomic E-state index is 0.0439. The van der Waals surface area contributed by atoms with Gasteiger partial charge in [0, 0.05) is 37.1 Å². The Labute approximate surface area is 176 Å². The Balaban J connectivity index is 1.45. The van der Waals surface area contributed by atoms with Crippen molar-refractivity contribution in [2.75, 3.05) is 49.2 Å². The Morgan fingerprint density at radius 2 is 1.90 bits per heavy atom. The lowest BCUT2D eigenvalue weighted by atomic mass is 10.2. The van der Waals surface area contributed by atoms with Crippen LogP contribution in [0.25, 0.3) is 6.08 Å². The standard InChI is InChI=1S/C20H19N5O4S/c26-19-17(13-14-5-6-18(30-14)25(27)28)24-16-4-2-1-3-15(16)23(20(24)21-19)8-7-22-9-11-29-12-10-22/h1-6,13H,7-12H2/b17-13+. The van der Waals surface area contributed by atoms with Crippen molar-refractivity contribution >= 4 is 45.7 Å². The molecule has 2 aromatic rings. The molecule has 1 saturated heterocycles. The number of aliphatic imine (C=N–C) groups is 1. The summed E-state index contributed by atoms with van der Waals surface area (Å²) in [5.74, 6) is 0.249. The highest BCUT2D eigenvalue weighted by Crippen LogP contribution is 2.42. The Morgan fingerprint density at radius 3 is 2.63 bits per heavy atom. The number of carbonyl (C=O) groups excluding carboxylic acids is 1. The minimum atomic E-state index is -0.427. The lowest BCUT2D eigenvalue weighted by molar-refractivity contribution is -0.380. The number of nitrogens with zero attached hydrogens (tertiary/aromatic N) is 5. The van der Waals surface area contributed by atoms with Crippen LogP contribution in [0.15, 0.2) is 47.1 Å². The van der Waals surface area contributed by atoms with Gasteiger partial charge in [-0.1, -0.05) is 23.5 Å². The third-order valence-electron chi connectivity index (χ3n) is 5.33. The molecular formula is C20H19N5O4S. The Morgan fingerprint density at radius 1 is 1.13 bits per heavy atom. The van der Waals surface area contributed by atoms with Gasteiger partial charge in [0.2, 0.25) is 5.96 Å². The molecule has 1 aromatic carbocycles. The fourth-order valence-corrected chi connectivity index (χ4v) is 4.63. The van der Waals surface area contributed by atoms with Crippen molar-refractivity contribution in [1.82, 2.24) is 4.90 Å². The summed E-state index contributed by atoms with van der Waals surface area (Å²) in [6.07, 6.45) is 1.68. The number of morpholine rings is 1. The molecule has 9 nitrogen and oxygen atoms in total.